The zero-order chi connectivity index (χ0) is 12.3. The summed E-state index contributed by atoms with van der Waals surface area (Å²) in [5.74, 6) is 0.783. The van der Waals surface area contributed by atoms with Gasteiger partial charge >= 0.3 is 0 Å². The molecule has 0 spiro atoms. The Morgan fingerprint density at radius 1 is 1.24 bits per heavy atom. The number of ether oxygens (including phenoxy) is 2. The van der Waals surface area contributed by atoms with E-state index in [1.165, 1.54) is 25.8 Å². The Balaban J connectivity index is 2.06. The van der Waals surface area contributed by atoms with Gasteiger partial charge in [-0.05, 0) is 32.2 Å². The van der Waals surface area contributed by atoms with Gasteiger partial charge in [-0.1, -0.05) is 6.42 Å². The lowest BCUT2D eigenvalue weighted by Gasteiger charge is -2.35. The second kappa shape index (κ2) is 10.1. The topological polar surface area (TPSA) is 21.7 Å². The summed E-state index contributed by atoms with van der Waals surface area (Å²) in [6, 6.07) is 0.709. The van der Waals surface area contributed by atoms with Crippen LogP contribution in [0.3, 0.4) is 0 Å². The number of halogens is 1. The van der Waals surface area contributed by atoms with Crippen LogP contribution < -0.4 is 0 Å². The Hall–Kier alpha value is 0.170. The summed E-state index contributed by atoms with van der Waals surface area (Å²) in [6.07, 6.45) is 6.26. The molecular formula is C13H26ClNO2. The number of methoxy groups -OCH3 is 1. The van der Waals surface area contributed by atoms with Crippen molar-refractivity contribution in [2.45, 2.75) is 38.1 Å². The van der Waals surface area contributed by atoms with Crippen LogP contribution >= 0.6 is 11.6 Å². The largest absolute Gasteiger partial charge is 0.382 e. The van der Waals surface area contributed by atoms with Gasteiger partial charge in [0.2, 0.25) is 0 Å². The summed E-state index contributed by atoms with van der Waals surface area (Å²) < 4.78 is 10.4. The molecule has 1 aliphatic heterocycles. The number of likely N-dealkylation sites (tertiary alicyclic amines) is 1. The van der Waals surface area contributed by atoms with E-state index >= 15 is 0 Å². The van der Waals surface area contributed by atoms with Gasteiger partial charge in [0, 0.05) is 32.2 Å². The third-order valence-electron chi connectivity index (χ3n) is 3.36. The van der Waals surface area contributed by atoms with Crippen molar-refractivity contribution in [3.63, 3.8) is 0 Å². The van der Waals surface area contributed by atoms with E-state index in [-0.39, 0.29) is 0 Å². The molecule has 0 aromatic heterocycles. The van der Waals surface area contributed by atoms with Crippen molar-refractivity contribution in [3.8, 4) is 0 Å². The lowest BCUT2D eigenvalue weighted by molar-refractivity contribution is 0.0592. The lowest BCUT2D eigenvalue weighted by Crippen LogP contribution is -2.40. The first-order chi connectivity index (χ1) is 8.38. The second-order valence-electron chi connectivity index (χ2n) is 4.62. The van der Waals surface area contributed by atoms with Crippen LogP contribution in [0.25, 0.3) is 0 Å². The van der Waals surface area contributed by atoms with E-state index in [4.69, 9.17) is 21.1 Å². The Morgan fingerprint density at radius 3 is 2.88 bits per heavy atom. The van der Waals surface area contributed by atoms with Gasteiger partial charge in [0.25, 0.3) is 0 Å². The molecule has 1 fully saturated rings. The minimum absolute atomic E-state index is 0.693. The normalized spacial score (nSPS) is 21.9. The molecule has 1 unspecified atom stereocenters. The zero-order valence-corrected chi connectivity index (χ0v) is 11.8. The summed E-state index contributed by atoms with van der Waals surface area (Å²) in [5.41, 5.74) is 0. The van der Waals surface area contributed by atoms with E-state index in [9.17, 15) is 0 Å². The maximum Gasteiger partial charge on any atom is 0.0700 e. The third-order valence-corrected chi connectivity index (χ3v) is 3.58. The summed E-state index contributed by atoms with van der Waals surface area (Å²) in [7, 11) is 1.70. The number of hydrogen-bond donors (Lipinski definition) is 0. The van der Waals surface area contributed by atoms with Crippen molar-refractivity contribution in [3.05, 3.63) is 0 Å². The molecule has 0 bridgehead atoms. The highest BCUT2D eigenvalue weighted by Gasteiger charge is 2.20. The SMILES string of the molecule is COCCOCCCN1CCCCC1CCCl. The Morgan fingerprint density at radius 2 is 2.12 bits per heavy atom. The molecule has 0 aromatic carbocycles. The van der Waals surface area contributed by atoms with E-state index in [2.05, 4.69) is 4.90 Å². The number of rotatable bonds is 9. The molecule has 1 saturated heterocycles. The van der Waals surface area contributed by atoms with Crippen molar-refractivity contribution in [2.24, 2.45) is 0 Å². The fraction of sp³-hybridized carbons (Fsp3) is 1.00. The molecule has 0 amide bonds. The molecule has 102 valence electrons. The maximum atomic E-state index is 5.85. The second-order valence-corrected chi connectivity index (χ2v) is 5.00. The predicted octanol–water partition coefficient (Wildman–Crippen LogP) is 2.52. The first-order valence-electron chi connectivity index (χ1n) is 6.75. The van der Waals surface area contributed by atoms with Crippen molar-refractivity contribution in [2.75, 3.05) is 45.9 Å². The van der Waals surface area contributed by atoms with Gasteiger partial charge in [0.15, 0.2) is 0 Å². The van der Waals surface area contributed by atoms with Crippen molar-refractivity contribution < 1.29 is 9.47 Å². The molecule has 0 N–H and O–H groups in total. The molecule has 3 nitrogen and oxygen atoms in total. The molecule has 1 heterocycles. The molecule has 0 saturated carbocycles. The highest BCUT2D eigenvalue weighted by atomic mass is 35.5. The Labute approximate surface area is 110 Å². The predicted molar refractivity (Wildman–Crippen MR) is 71.9 cm³/mol. The monoisotopic (exact) mass is 263 g/mol. The number of alkyl halides is 1. The summed E-state index contributed by atoms with van der Waals surface area (Å²) in [5, 5.41) is 0. The van der Waals surface area contributed by atoms with Crippen LogP contribution in [-0.2, 0) is 9.47 Å². The van der Waals surface area contributed by atoms with E-state index in [0.29, 0.717) is 19.3 Å². The van der Waals surface area contributed by atoms with Gasteiger partial charge < -0.3 is 14.4 Å². The van der Waals surface area contributed by atoms with Gasteiger partial charge in [0.1, 0.15) is 0 Å². The van der Waals surface area contributed by atoms with E-state index in [1.807, 2.05) is 0 Å². The molecule has 0 aliphatic carbocycles. The first kappa shape index (κ1) is 15.2. The highest BCUT2D eigenvalue weighted by molar-refractivity contribution is 6.17. The van der Waals surface area contributed by atoms with Crippen LogP contribution in [0.5, 0.6) is 0 Å². The number of hydrogen-bond acceptors (Lipinski definition) is 3. The Bertz CT molecular complexity index is 179. The van der Waals surface area contributed by atoms with Gasteiger partial charge in [-0.15, -0.1) is 11.6 Å². The molecule has 17 heavy (non-hydrogen) atoms. The fourth-order valence-corrected chi connectivity index (χ4v) is 2.67. The summed E-state index contributed by atoms with van der Waals surface area (Å²) in [6.45, 7) is 4.63. The quantitative estimate of drug-likeness (QED) is 0.471. The number of nitrogens with zero attached hydrogens (tertiary/aromatic N) is 1. The molecule has 1 aliphatic rings. The average Bonchev–Trinajstić information content (AvgIpc) is 2.36. The van der Waals surface area contributed by atoms with Crippen molar-refractivity contribution in [1.29, 1.82) is 0 Å². The lowest BCUT2D eigenvalue weighted by atomic mass is 10.00. The van der Waals surface area contributed by atoms with E-state index < -0.39 is 0 Å². The van der Waals surface area contributed by atoms with Gasteiger partial charge in [-0.3, -0.25) is 0 Å². The summed E-state index contributed by atoms with van der Waals surface area (Å²) in [4.78, 5) is 2.59. The molecule has 1 rings (SSSR count). The minimum atomic E-state index is 0.693. The smallest absolute Gasteiger partial charge is 0.0700 e. The highest BCUT2D eigenvalue weighted by Crippen LogP contribution is 2.20. The van der Waals surface area contributed by atoms with Crippen LogP contribution in [0, 0.1) is 0 Å². The first-order valence-corrected chi connectivity index (χ1v) is 7.28. The summed E-state index contributed by atoms with van der Waals surface area (Å²) >= 11 is 5.85. The minimum Gasteiger partial charge on any atom is -0.382 e. The standard InChI is InChI=1S/C13H26ClNO2/c1-16-11-12-17-10-4-9-15-8-3-2-5-13(15)6-7-14/h13H,2-12H2,1H3. The van der Waals surface area contributed by atoms with Crippen LogP contribution in [-0.4, -0.2) is 56.8 Å². The van der Waals surface area contributed by atoms with Gasteiger partial charge in [0.05, 0.1) is 13.2 Å². The van der Waals surface area contributed by atoms with Crippen LogP contribution in [0.15, 0.2) is 0 Å². The molecule has 0 radical (unpaired) electrons. The molecule has 4 heteroatoms. The van der Waals surface area contributed by atoms with E-state index in [0.717, 1.165) is 31.9 Å². The molecular weight excluding hydrogens is 238 g/mol. The Kier molecular flexibility index (Phi) is 9.07. The van der Waals surface area contributed by atoms with Gasteiger partial charge in [-0.2, -0.15) is 0 Å². The fourth-order valence-electron chi connectivity index (χ4n) is 2.42. The third kappa shape index (κ3) is 6.61. The molecule has 0 aromatic rings. The van der Waals surface area contributed by atoms with Crippen LogP contribution in [0.1, 0.15) is 32.1 Å². The molecule has 1 atom stereocenters. The van der Waals surface area contributed by atoms with Crippen molar-refractivity contribution >= 4 is 11.6 Å². The maximum absolute atomic E-state index is 5.85. The van der Waals surface area contributed by atoms with E-state index in [1.54, 1.807) is 7.11 Å². The zero-order valence-electron chi connectivity index (χ0n) is 11.0. The number of piperidine rings is 1. The average molecular weight is 264 g/mol. The van der Waals surface area contributed by atoms with Crippen molar-refractivity contribution in [1.82, 2.24) is 4.90 Å². The van der Waals surface area contributed by atoms with Crippen LogP contribution in [0.2, 0.25) is 0 Å². The van der Waals surface area contributed by atoms with Gasteiger partial charge in [-0.25, -0.2) is 0 Å². The van der Waals surface area contributed by atoms with Crippen LogP contribution in [0.4, 0.5) is 0 Å².